The van der Waals surface area contributed by atoms with Gasteiger partial charge in [0.2, 0.25) is 0 Å². The molecule has 1 aliphatic rings. The van der Waals surface area contributed by atoms with E-state index in [4.69, 9.17) is 0 Å². The number of aromatic nitrogens is 2. The van der Waals surface area contributed by atoms with Crippen LogP contribution in [0.4, 0.5) is 5.82 Å². The summed E-state index contributed by atoms with van der Waals surface area (Å²) in [6.45, 7) is 2.19. The first-order chi connectivity index (χ1) is 7.38. The van der Waals surface area contributed by atoms with Crippen LogP contribution in [0, 0.1) is 0 Å². The van der Waals surface area contributed by atoms with Crippen molar-refractivity contribution in [3.63, 3.8) is 0 Å². The maximum atomic E-state index is 4.23. The van der Waals surface area contributed by atoms with Gasteiger partial charge in [0.15, 0.2) is 0 Å². The Hall–Kier alpha value is -0.810. The Bertz CT molecular complexity index is 312. The molecule has 1 saturated heterocycles. The predicted octanol–water partition coefficient (Wildman–Crippen LogP) is 1.36. The van der Waals surface area contributed by atoms with Gasteiger partial charge in [-0.05, 0) is 32.2 Å². The summed E-state index contributed by atoms with van der Waals surface area (Å²) >= 11 is 1.64. The average molecular weight is 224 g/mol. The average Bonchev–Trinajstić information content (AvgIpc) is 2.31. The van der Waals surface area contributed by atoms with Gasteiger partial charge in [0.05, 0.1) is 0 Å². The maximum Gasteiger partial charge on any atom is 0.130 e. The first-order valence-corrected chi connectivity index (χ1v) is 6.44. The molecule has 1 aromatic rings. The van der Waals surface area contributed by atoms with Crippen LogP contribution in [0.25, 0.3) is 0 Å². The second-order valence-corrected chi connectivity index (χ2v) is 4.44. The Balaban J connectivity index is 1.96. The molecule has 0 aromatic carbocycles. The highest BCUT2D eigenvalue weighted by Gasteiger charge is 2.12. The van der Waals surface area contributed by atoms with Gasteiger partial charge in [-0.25, -0.2) is 9.97 Å². The van der Waals surface area contributed by atoms with Gasteiger partial charge in [-0.1, -0.05) is 0 Å². The molecule has 0 bridgehead atoms. The van der Waals surface area contributed by atoms with Gasteiger partial charge in [-0.15, -0.1) is 11.8 Å². The number of anilines is 1. The number of nitrogens with one attached hydrogen (secondary N) is 2. The zero-order valence-corrected chi connectivity index (χ0v) is 9.68. The molecule has 82 valence electrons. The molecule has 2 N–H and O–H groups in total. The highest BCUT2D eigenvalue weighted by atomic mass is 32.2. The summed E-state index contributed by atoms with van der Waals surface area (Å²) in [7, 11) is 0. The van der Waals surface area contributed by atoms with E-state index in [0.29, 0.717) is 6.04 Å². The predicted molar refractivity (Wildman–Crippen MR) is 63.3 cm³/mol. The SMILES string of the molecule is CSc1cc(NC2CCNCC2)ncn1. The Morgan fingerprint density at radius 2 is 2.20 bits per heavy atom. The molecular weight excluding hydrogens is 208 g/mol. The van der Waals surface area contributed by atoms with E-state index in [1.165, 1.54) is 12.8 Å². The Morgan fingerprint density at radius 1 is 1.40 bits per heavy atom. The molecule has 4 nitrogen and oxygen atoms in total. The molecule has 0 amide bonds. The number of rotatable bonds is 3. The van der Waals surface area contributed by atoms with Crippen molar-refractivity contribution in [2.45, 2.75) is 23.9 Å². The van der Waals surface area contributed by atoms with E-state index in [0.717, 1.165) is 23.9 Å². The van der Waals surface area contributed by atoms with E-state index >= 15 is 0 Å². The summed E-state index contributed by atoms with van der Waals surface area (Å²) in [5.41, 5.74) is 0. The van der Waals surface area contributed by atoms with Gasteiger partial charge >= 0.3 is 0 Å². The second-order valence-electron chi connectivity index (χ2n) is 3.61. The smallest absolute Gasteiger partial charge is 0.130 e. The molecule has 0 atom stereocenters. The van der Waals surface area contributed by atoms with Crippen molar-refractivity contribution in [2.75, 3.05) is 24.7 Å². The van der Waals surface area contributed by atoms with E-state index in [1.54, 1.807) is 18.1 Å². The molecule has 1 fully saturated rings. The van der Waals surface area contributed by atoms with Crippen LogP contribution < -0.4 is 10.6 Å². The van der Waals surface area contributed by atoms with Gasteiger partial charge in [0.25, 0.3) is 0 Å². The molecule has 2 rings (SSSR count). The third-order valence-electron chi connectivity index (χ3n) is 2.54. The number of thioether (sulfide) groups is 1. The van der Waals surface area contributed by atoms with Gasteiger partial charge in [-0.3, -0.25) is 0 Å². The van der Waals surface area contributed by atoms with Gasteiger partial charge < -0.3 is 10.6 Å². The van der Waals surface area contributed by atoms with Crippen LogP contribution in [0.3, 0.4) is 0 Å². The lowest BCUT2D eigenvalue weighted by Crippen LogP contribution is -2.35. The third kappa shape index (κ3) is 3.07. The summed E-state index contributed by atoms with van der Waals surface area (Å²) in [4.78, 5) is 8.38. The van der Waals surface area contributed by atoms with Crippen LogP contribution in [0.2, 0.25) is 0 Å². The van der Waals surface area contributed by atoms with Crippen molar-refractivity contribution >= 4 is 17.6 Å². The van der Waals surface area contributed by atoms with E-state index in [2.05, 4.69) is 20.6 Å². The number of piperidine rings is 1. The van der Waals surface area contributed by atoms with E-state index in [9.17, 15) is 0 Å². The van der Waals surface area contributed by atoms with Crippen molar-refractivity contribution in [2.24, 2.45) is 0 Å². The van der Waals surface area contributed by atoms with Crippen molar-refractivity contribution in [1.29, 1.82) is 0 Å². The molecule has 1 aliphatic heterocycles. The standard InChI is InChI=1S/C10H16N4S/c1-15-10-6-9(12-7-13-10)14-8-2-4-11-5-3-8/h6-8,11H,2-5H2,1H3,(H,12,13,14). The van der Waals surface area contributed by atoms with Crippen LogP contribution in [0.15, 0.2) is 17.4 Å². The van der Waals surface area contributed by atoms with Gasteiger partial charge in [0, 0.05) is 12.1 Å². The fourth-order valence-corrected chi connectivity index (χ4v) is 2.09. The normalized spacial score (nSPS) is 17.7. The molecule has 1 aromatic heterocycles. The lowest BCUT2D eigenvalue weighted by Gasteiger charge is -2.24. The highest BCUT2D eigenvalue weighted by Crippen LogP contribution is 2.16. The highest BCUT2D eigenvalue weighted by molar-refractivity contribution is 7.98. The first kappa shape index (κ1) is 10.7. The Kier molecular flexibility index (Phi) is 3.80. The Morgan fingerprint density at radius 3 is 2.93 bits per heavy atom. The zero-order chi connectivity index (χ0) is 10.5. The van der Waals surface area contributed by atoms with Crippen molar-refractivity contribution in [3.05, 3.63) is 12.4 Å². The molecule has 15 heavy (non-hydrogen) atoms. The maximum absolute atomic E-state index is 4.23. The molecule has 0 radical (unpaired) electrons. The van der Waals surface area contributed by atoms with Crippen LogP contribution in [-0.4, -0.2) is 35.4 Å². The monoisotopic (exact) mass is 224 g/mol. The molecule has 2 heterocycles. The Labute approximate surface area is 94.3 Å². The van der Waals surface area contributed by atoms with Crippen LogP contribution in [-0.2, 0) is 0 Å². The zero-order valence-electron chi connectivity index (χ0n) is 8.86. The first-order valence-electron chi connectivity index (χ1n) is 5.22. The molecule has 0 aliphatic carbocycles. The van der Waals surface area contributed by atoms with E-state index in [-0.39, 0.29) is 0 Å². The summed E-state index contributed by atoms with van der Waals surface area (Å²) < 4.78 is 0. The second kappa shape index (κ2) is 5.32. The van der Waals surface area contributed by atoms with Crippen molar-refractivity contribution < 1.29 is 0 Å². The lowest BCUT2D eigenvalue weighted by atomic mass is 10.1. The fourth-order valence-electron chi connectivity index (χ4n) is 1.71. The van der Waals surface area contributed by atoms with Crippen molar-refractivity contribution in [1.82, 2.24) is 15.3 Å². The van der Waals surface area contributed by atoms with Crippen LogP contribution in [0.1, 0.15) is 12.8 Å². The van der Waals surface area contributed by atoms with Gasteiger partial charge in [0.1, 0.15) is 17.2 Å². The summed E-state index contributed by atoms with van der Waals surface area (Å²) in [5, 5.41) is 7.81. The van der Waals surface area contributed by atoms with E-state index < -0.39 is 0 Å². The minimum Gasteiger partial charge on any atom is -0.367 e. The minimum atomic E-state index is 0.552. The quantitative estimate of drug-likeness (QED) is 0.600. The van der Waals surface area contributed by atoms with Crippen molar-refractivity contribution in [3.8, 4) is 0 Å². The minimum absolute atomic E-state index is 0.552. The summed E-state index contributed by atoms with van der Waals surface area (Å²) in [6, 6.07) is 2.56. The topological polar surface area (TPSA) is 49.8 Å². The molecule has 0 unspecified atom stereocenters. The van der Waals surface area contributed by atoms with E-state index in [1.807, 2.05) is 12.3 Å². The number of nitrogens with zero attached hydrogens (tertiary/aromatic N) is 2. The van der Waals surface area contributed by atoms with Gasteiger partial charge in [-0.2, -0.15) is 0 Å². The van der Waals surface area contributed by atoms with Crippen LogP contribution in [0.5, 0.6) is 0 Å². The van der Waals surface area contributed by atoms with Crippen LogP contribution >= 0.6 is 11.8 Å². The third-order valence-corrected chi connectivity index (χ3v) is 3.18. The molecule has 0 spiro atoms. The molecule has 5 heteroatoms. The molecule has 0 saturated carbocycles. The fraction of sp³-hybridized carbons (Fsp3) is 0.600. The molecular formula is C10H16N4S. The number of hydrogen-bond acceptors (Lipinski definition) is 5. The number of hydrogen-bond donors (Lipinski definition) is 2. The summed E-state index contributed by atoms with van der Waals surface area (Å²) in [6.07, 6.45) is 5.98. The summed E-state index contributed by atoms with van der Waals surface area (Å²) in [5.74, 6) is 0.946. The largest absolute Gasteiger partial charge is 0.367 e. The lowest BCUT2D eigenvalue weighted by molar-refractivity contribution is 0.478.